The summed E-state index contributed by atoms with van der Waals surface area (Å²) in [5.41, 5.74) is 4.97. The highest BCUT2D eigenvalue weighted by Crippen LogP contribution is 2.19. The Morgan fingerprint density at radius 1 is 1.69 bits per heavy atom. The first kappa shape index (κ1) is 12.7. The number of aromatic nitrogens is 2. The molecule has 16 heavy (non-hydrogen) atoms. The minimum atomic E-state index is -0.971. The zero-order valence-electron chi connectivity index (χ0n) is 10.0. The number of nitrogens with zero attached hydrogens (tertiary/aromatic N) is 2. The Morgan fingerprint density at radius 3 is 2.88 bits per heavy atom. The highest BCUT2D eigenvalue weighted by molar-refractivity contribution is 5.80. The fourth-order valence-corrected chi connectivity index (χ4v) is 1.63. The SMILES string of the molecule is CCOC(=O)C(C)(N)CC(C)n1cccn1. The van der Waals surface area contributed by atoms with Gasteiger partial charge in [0.1, 0.15) is 5.54 Å². The molecular formula is C11H19N3O2. The van der Waals surface area contributed by atoms with Gasteiger partial charge in [-0.3, -0.25) is 9.48 Å². The Balaban J connectivity index is 2.62. The van der Waals surface area contributed by atoms with Gasteiger partial charge in [0, 0.05) is 12.4 Å². The minimum absolute atomic E-state index is 0.0643. The van der Waals surface area contributed by atoms with Crippen molar-refractivity contribution in [1.82, 2.24) is 9.78 Å². The lowest BCUT2D eigenvalue weighted by Gasteiger charge is -2.25. The number of nitrogens with two attached hydrogens (primary N) is 1. The maximum atomic E-state index is 11.6. The highest BCUT2D eigenvalue weighted by atomic mass is 16.5. The molecule has 0 spiro atoms. The highest BCUT2D eigenvalue weighted by Gasteiger charge is 2.32. The average molecular weight is 225 g/mol. The largest absolute Gasteiger partial charge is 0.465 e. The van der Waals surface area contributed by atoms with Crippen LogP contribution in [0.15, 0.2) is 18.5 Å². The number of carbonyl (C=O) groups is 1. The summed E-state index contributed by atoms with van der Waals surface area (Å²) in [5.74, 6) is -0.367. The van der Waals surface area contributed by atoms with Crippen molar-refractivity contribution < 1.29 is 9.53 Å². The van der Waals surface area contributed by atoms with Crippen molar-refractivity contribution in [2.75, 3.05) is 6.61 Å². The Bertz CT molecular complexity index is 333. The van der Waals surface area contributed by atoms with Crippen LogP contribution in [0.4, 0.5) is 0 Å². The minimum Gasteiger partial charge on any atom is -0.465 e. The van der Waals surface area contributed by atoms with Crippen molar-refractivity contribution in [3.63, 3.8) is 0 Å². The third kappa shape index (κ3) is 3.06. The van der Waals surface area contributed by atoms with Crippen molar-refractivity contribution in [1.29, 1.82) is 0 Å². The van der Waals surface area contributed by atoms with Gasteiger partial charge < -0.3 is 10.5 Å². The fourth-order valence-electron chi connectivity index (χ4n) is 1.63. The lowest BCUT2D eigenvalue weighted by molar-refractivity contribution is -0.149. The molecule has 1 rings (SSSR count). The van der Waals surface area contributed by atoms with Crippen LogP contribution in [0.2, 0.25) is 0 Å². The molecule has 1 aromatic heterocycles. The second-order valence-electron chi connectivity index (χ2n) is 4.18. The van der Waals surface area contributed by atoms with Crippen molar-refractivity contribution >= 4 is 5.97 Å². The summed E-state index contributed by atoms with van der Waals surface area (Å²) in [4.78, 5) is 11.6. The molecule has 2 atom stereocenters. The molecular weight excluding hydrogens is 206 g/mol. The lowest BCUT2D eigenvalue weighted by Crippen LogP contribution is -2.47. The van der Waals surface area contributed by atoms with Crippen LogP contribution in [0.1, 0.15) is 33.2 Å². The van der Waals surface area contributed by atoms with Gasteiger partial charge in [-0.25, -0.2) is 0 Å². The zero-order valence-corrected chi connectivity index (χ0v) is 10.0. The maximum absolute atomic E-state index is 11.6. The van der Waals surface area contributed by atoms with Gasteiger partial charge in [0.2, 0.25) is 0 Å². The second-order valence-corrected chi connectivity index (χ2v) is 4.18. The van der Waals surface area contributed by atoms with Crippen LogP contribution in [-0.2, 0) is 9.53 Å². The van der Waals surface area contributed by atoms with E-state index in [9.17, 15) is 4.79 Å². The van der Waals surface area contributed by atoms with E-state index < -0.39 is 5.54 Å². The molecule has 1 heterocycles. The molecule has 5 nitrogen and oxygen atoms in total. The average Bonchev–Trinajstić information content (AvgIpc) is 2.70. The fraction of sp³-hybridized carbons (Fsp3) is 0.636. The number of esters is 1. The number of rotatable bonds is 5. The van der Waals surface area contributed by atoms with E-state index in [0.29, 0.717) is 13.0 Å². The van der Waals surface area contributed by atoms with Gasteiger partial charge in [-0.15, -0.1) is 0 Å². The van der Waals surface area contributed by atoms with E-state index in [1.165, 1.54) is 0 Å². The Morgan fingerprint density at radius 2 is 2.38 bits per heavy atom. The predicted octanol–water partition coefficient (Wildman–Crippen LogP) is 1.11. The first-order chi connectivity index (χ1) is 7.47. The third-order valence-electron chi connectivity index (χ3n) is 2.44. The predicted molar refractivity (Wildman–Crippen MR) is 60.8 cm³/mol. The van der Waals surface area contributed by atoms with Crippen LogP contribution >= 0.6 is 0 Å². The molecule has 0 aliphatic carbocycles. The van der Waals surface area contributed by atoms with E-state index in [1.807, 2.05) is 19.2 Å². The molecule has 0 amide bonds. The Labute approximate surface area is 95.6 Å². The molecule has 1 aromatic rings. The van der Waals surface area contributed by atoms with Crippen LogP contribution in [0.25, 0.3) is 0 Å². The quantitative estimate of drug-likeness (QED) is 0.762. The molecule has 0 fully saturated rings. The van der Waals surface area contributed by atoms with E-state index in [0.717, 1.165) is 0 Å². The first-order valence-electron chi connectivity index (χ1n) is 5.42. The topological polar surface area (TPSA) is 70.1 Å². The van der Waals surface area contributed by atoms with Crippen LogP contribution in [0.3, 0.4) is 0 Å². The summed E-state index contributed by atoms with van der Waals surface area (Å²) < 4.78 is 6.71. The lowest BCUT2D eigenvalue weighted by atomic mass is 9.95. The van der Waals surface area contributed by atoms with Gasteiger partial charge in [0.25, 0.3) is 0 Å². The molecule has 0 radical (unpaired) electrons. The van der Waals surface area contributed by atoms with Crippen molar-refractivity contribution in [3.8, 4) is 0 Å². The normalized spacial score (nSPS) is 16.5. The molecule has 0 saturated carbocycles. The van der Waals surface area contributed by atoms with Crippen LogP contribution in [0.5, 0.6) is 0 Å². The number of carbonyl (C=O) groups excluding carboxylic acids is 1. The van der Waals surface area contributed by atoms with Gasteiger partial charge in [0.05, 0.1) is 12.6 Å². The summed E-state index contributed by atoms with van der Waals surface area (Å²) in [5, 5.41) is 4.11. The van der Waals surface area contributed by atoms with Gasteiger partial charge in [0.15, 0.2) is 0 Å². The van der Waals surface area contributed by atoms with Crippen molar-refractivity contribution in [3.05, 3.63) is 18.5 Å². The smallest absolute Gasteiger partial charge is 0.325 e. The molecule has 0 bridgehead atoms. The van der Waals surface area contributed by atoms with Gasteiger partial charge in [-0.2, -0.15) is 5.10 Å². The van der Waals surface area contributed by atoms with E-state index in [4.69, 9.17) is 10.5 Å². The molecule has 5 heteroatoms. The van der Waals surface area contributed by atoms with E-state index in [2.05, 4.69) is 5.10 Å². The van der Waals surface area contributed by atoms with E-state index in [-0.39, 0.29) is 12.0 Å². The van der Waals surface area contributed by atoms with Crippen molar-refractivity contribution in [2.45, 2.75) is 38.8 Å². The monoisotopic (exact) mass is 225 g/mol. The van der Waals surface area contributed by atoms with Crippen LogP contribution in [-0.4, -0.2) is 27.9 Å². The maximum Gasteiger partial charge on any atom is 0.325 e. The molecule has 0 aliphatic heterocycles. The molecule has 0 aliphatic rings. The molecule has 2 unspecified atom stereocenters. The number of ether oxygens (including phenoxy) is 1. The summed E-state index contributed by atoms with van der Waals surface area (Å²) >= 11 is 0. The third-order valence-corrected chi connectivity index (χ3v) is 2.44. The molecule has 0 saturated heterocycles. The summed E-state index contributed by atoms with van der Waals surface area (Å²) in [6.45, 7) is 5.77. The van der Waals surface area contributed by atoms with E-state index in [1.54, 1.807) is 24.7 Å². The van der Waals surface area contributed by atoms with Crippen LogP contribution < -0.4 is 5.73 Å². The standard InChI is InChI=1S/C11H19N3O2/c1-4-16-10(15)11(3,12)8-9(2)14-7-5-6-13-14/h5-7,9H,4,8,12H2,1-3H3. The second kappa shape index (κ2) is 5.12. The van der Waals surface area contributed by atoms with Gasteiger partial charge in [-0.1, -0.05) is 0 Å². The van der Waals surface area contributed by atoms with E-state index >= 15 is 0 Å². The van der Waals surface area contributed by atoms with Crippen LogP contribution in [0, 0.1) is 0 Å². The summed E-state index contributed by atoms with van der Waals surface area (Å²) in [7, 11) is 0. The molecule has 0 aromatic carbocycles. The summed E-state index contributed by atoms with van der Waals surface area (Å²) in [6.07, 6.45) is 4.05. The van der Waals surface area contributed by atoms with Gasteiger partial charge in [-0.05, 0) is 33.3 Å². The Hall–Kier alpha value is -1.36. The van der Waals surface area contributed by atoms with Crippen molar-refractivity contribution in [2.24, 2.45) is 5.73 Å². The number of hydrogen-bond acceptors (Lipinski definition) is 4. The zero-order chi connectivity index (χ0) is 12.2. The Kier molecular flexibility index (Phi) is 4.06. The number of hydrogen-bond donors (Lipinski definition) is 1. The molecule has 2 N–H and O–H groups in total. The first-order valence-corrected chi connectivity index (χ1v) is 5.42. The van der Waals surface area contributed by atoms with Gasteiger partial charge >= 0.3 is 5.97 Å². The molecule has 90 valence electrons. The summed E-state index contributed by atoms with van der Waals surface area (Å²) in [6, 6.07) is 1.91.